The summed E-state index contributed by atoms with van der Waals surface area (Å²) in [4.78, 5) is 14.8. The fourth-order valence-electron chi connectivity index (χ4n) is 1.51. The number of ether oxygens (including phenoxy) is 1. The Balaban J connectivity index is 2.36. The number of hydrogen-bond acceptors (Lipinski definition) is 5. The molecule has 0 aliphatic carbocycles. The normalized spacial score (nSPS) is 18.9. The minimum absolute atomic E-state index is 0.00714. The van der Waals surface area contributed by atoms with E-state index in [-0.39, 0.29) is 5.75 Å². The Morgan fingerprint density at radius 3 is 2.94 bits per heavy atom. The number of aliphatic carboxylic acids is 1. The number of aliphatic imine (C=N–C) groups is 1. The maximum Gasteiger partial charge on any atom is 0.329 e. The molecule has 5 nitrogen and oxygen atoms in total. The lowest BCUT2D eigenvalue weighted by molar-refractivity contribution is -0.137. The van der Waals surface area contributed by atoms with Crippen LogP contribution >= 0.6 is 11.8 Å². The molecular formula is C11H11NO4S. The number of para-hydroxylation sites is 1. The van der Waals surface area contributed by atoms with Crippen LogP contribution in [0.15, 0.2) is 23.2 Å². The van der Waals surface area contributed by atoms with Crippen LogP contribution < -0.4 is 4.74 Å². The molecule has 6 heteroatoms. The molecule has 1 aromatic rings. The number of hydrogen-bond donors (Lipinski definition) is 2. The second kappa shape index (κ2) is 4.67. The molecule has 1 atom stereocenters. The topological polar surface area (TPSA) is 79.1 Å². The van der Waals surface area contributed by atoms with Crippen LogP contribution in [0.4, 0.5) is 0 Å². The summed E-state index contributed by atoms with van der Waals surface area (Å²) in [6, 6.07) is 4.31. The molecule has 0 fully saturated rings. The number of methoxy groups -OCH3 is 1. The third-order valence-corrected chi connectivity index (χ3v) is 3.47. The van der Waals surface area contributed by atoms with Crippen LogP contribution in [0.2, 0.25) is 0 Å². The van der Waals surface area contributed by atoms with Crippen LogP contribution in [-0.2, 0) is 4.79 Å². The van der Waals surface area contributed by atoms with E-state index < -0.39 is 12.0 Å². The summed E-state index contributed by atoms with van der Waals surface area (Å²) in [5, 5.41) is 19.3. The van der Waals surface area contributed by atoms with Crippen LogP contribution in [0.3, 0.4) is 0 Å². The number of carboxylic acids is 1. The van der Waals surface area contributed by atoms with Gasteiger partial charge in [0, 0.05) is 5.75 Å². The zero-order valence-corrected chi connectivity index (χ0v) is 9.90. The Morgan fingerprint density at radius 2 is 2.35 bits per heavy atom. The van der Waals surface area contributed by atoms with Gasteiger partial charge in [-0.05, 0) is 12.1 Å². The molecule has 90 valence electrons. The third kappa shape index (κ3) is 2.21. The zero-order chi connectivity index (χ0) is 12.4. The van der Waals surface area contributed by atoms with Gasteiger partial charge in [-0.3, -0.25) is 4.99 Å². The van der Waals surface area contributed by atoms with Gasteiger partial charge >= 0.3 is 5.97 Å². The highest BCUT2D eigenvalue weighted by atomic mass is 32.2. The lowest BCUT2D eigenvalue weighted by Crippen LogP contribution is -2.17. The average Bonchev–Trinajstić information content (AvgIpc) is 2.78. The summed E-state index contributed by atoms with van der Waals surface area (Å²) >= 11 is 1.32. The van der Waals surface area contributed by atoms with Gasteiger partial charge in [-0.1, -0.05) is 6.07 Å². The second-order valence-electron chi connectivity index (χ2n) is 3.46. The van der Waals surface area contributed by atoms with Gasteiger partial charge < -0.3 is 14.9 Å². The first-order valence-corrected chi connectivity index (χ1v) is 5.91. The minimum atomic E-state index is -0.949. The van der Waals surface area contributed by atoms with Crippen molar-refractivity contribution in [1.29, 1.82) is 0 Å². The molecule has 1 aromatic carbocycles. The van der Waals surface area contributed by atoms with Gasteiger partial charge in [-0.15, -0.1) is 11.8 Å². The summed E-state index contributed by atoms with van der Waals surface area (Å²) in [6.45, 7) is 0. The fourth-order valence-corrected chi connectivity index (χ4v) is 2.56. The van der Waals surface area contributed by atoms with E-state index in [1.807, 2.05) is 0 Å². The summed E-state index contributed by atoms with van der Waals surface area (Å²) in [6.07, 6.45) is 0. The smallest absolute Gasteiger partial charge is 0.329 e. The number of rotatable bonds is 3. The van der Waals surface area contributed by atoms with Gasteiger partial charge in [-0.25, -0.2) is 4.79 Å². The van der Waals surface area contributed by atoms with Crippen molar-refractivity contribution < 1.29 is 19.7 Å². The minimum Gasteiger partial charge on any atom is -0.504 e. The molecule has 1 aliphatic rings. The quantitative estimate of drug-likeness (QED) is 0.850. The van der Waals surface area contributed by atoms with E-state index in [2.05, 4.69) is 4.99 Å². The first kappa shape index (κ1) is 11.8. The molecule has 0 spiro atoms. The van der Waals surface area contributed by atoms with Gasteiger partial charge in [0.15, 0.2) is 17.5 Å². The number of phenols is 1. The molecule has 1 aliphatic heterocycles. The number of thioether (sulfide) groups is 1. The van der Waals surface area contributed by atoms with E-state index in [0.29, 0.717) is 22.1 Å². The van der Waals surface area contributed by atoms with Gasteiger partial charge in [0.2, 0.25) is 0 Å². The largest absolute Gasteiger partial charge is 0.504 e. The number of benzene rings is 1. The van der Waals surface area contributed by atoms with Gasteiger partial charge in [0.1, 0.15) is 5.04 Å². The Morgan fingerprint density at radius 1 is 1.59 bits per heavy atom. The highest BCUT2D eigenvalue weighted by Gasteiger charge is 2.26. The van der Waals surface area contributed by atoms with Crippen LogP contribution in [0.25, 0.3) is 0 Å². The first-order valence-electron chi connectivity index (χ1n) is 4.93. The molecule has 2 N–H and O–H groups in total. The number of nitrogens with zero attached hydrogens (tertiary/aromatic N) is 1. The van der Waals surface area contributed by atoms with Crippen molar-refractivity contribution in [1.82, 2.24) is 0 Å². The summed E-state index contributed by atoms with van der Waals surface area (Å²) < 4.78 is 4.99. The fraction of sp³-hybridized carbons (Fsp3) is 0.273. The Hall–Kier alpha value is -1.69. The predicted octanol–water partition coefficient (Wildman–Crippen LogP) is 1.35. The van der Waals surface area contributed by atoms with E-state index in [0.717, 1.165) is 0 Å². The van der Waals surface area contributed by atoms with E-state index in [4.69, 9.17) is 9.84 Å². The molecule has 0 radical (unpaired) electrons. The molecule has 0 amide bonds. The third-order valence-electron chi connectivity index (χ3n) is 2.39. The Bertz CT molecular complexity index is 486. The average molecular weight is 253 g/mol. The molecule has 2 rings (SSSR count). The number of carboxylic acid groups (broad SMARTS) is 1. The van der Waals surface area contributed by atoms with Crippen molar-refractivity contribution in [2.75, 3.05) is 12.9 Å². The van der Waals surface area contributed by atoms with Crippen LogP contribution in [0.5, 0.6) is 11.5 Å². The SMILES string of the molecule is COc1cccc(C2=NC(C(=O)O)CS2)c1O. The number of carbonyl (C=O) groups is 1. The van der Waals surface area contributed by atoms with Gasteiger partial charge in [0.25, 0.3) is 0 Å². The van der Waals surface area contributed by atoms with Crippen molar-refractivity contribution in [3.63, 3.8) is 0 Å². The monoisotopic (exact) mass is 253 g/mol. The maximum absolute atomic E-state index is 10.8. The molecule has 0 bridgehead atoms. The van der Waals surface area contributed by atoms with Gasteiger partial charge in [-0.2, -0.15) is 0 Å². The lowest BCUT2D eigenvalue weighted by atomic mass is 10.2. The van der Waals surface area contributed by atoms with Crippen molar-refractivity contribution >= 4 is 22.8 Å². The lowest BCUT2D eigenvalue weighted by Gasteiger charge is -2.07. The molecular weight excluding hydrogens is 242 g/mol. The standard InChI is InChI=1S/C11H11NO4S/c1-16-8-4-2-3-6(9(8)13)10-12-7(5-17-10)11(14)15/h2-4,7,13H,5H2,1H3,(H,14,15). The summed E-state index contributed by atoms with van der Waals surface area (Å²) in [7, 11) is 1.46. The molecule has 17 heavy (non-hydrogen) atoms. The number of phenolic OH excluding ortho intramolecular Hbond substituents is 1. The van der Waals surface area contributed by atoms with E-state index >= 15 is 0 Å². The molecule has 0 saturated heterocycles. The van der Waals surface area contributed by atoms with Crippen LogP contribution in [-0.4, -0.2) is 40.1 Å². The molecule has 0 aromatic heterocycles. The van der Waals surface area contributed by atoms with Crippen molar-refractivity contribution in [2.45, 2.75) is 6.04 Å². The Labute approximate surface area is 102 Å². The van der Waals surface area contributed by atoms with Crippen LogP contribution in [0.1, 0.15) is 5.56 Å². The van der Waals surface area contributed by atoms with Crippen LogP contribution in [0, 0.1) is 0 Å². The highest BCUT2D eigenvalue weighted by Crippen LogP contribution is 2.34. The van der Waals surface area contributed by atoms with Crippen molar-refractivity contribution in [3.8, 4) is 11.5 Å². The predicted molar refractivity (Wildman–Crippen MR) is 65.1 cm³/mol. The Kier molecular flexibility index (Phi) is 3.23. The summed E-state index contributed by atoms with van der Waals surface area (Å²) in [5.74, 6) is -0.215. The zero-order valence-electron chi connectivity index (χ0n) is 9.08. The molecule has 1 heterocycles. The molecule has 0 saturated carbocycles. The first-order chi connectivity index (χ1) is 8.13. The molecule has 1 unspecified atom stereocenters. The van der Waals surface area contributed by atoms with Crippen molar-refractivity contribution in [2.24, 2.45) is 4.99 Å². The van der Waals surface area contributed by atoms with E-state index in [9.17, 15) is 9.90 Å². The van der Waals surface area contributed by atoms with Gasteiger partial charge in [0.05, 0.1) is 12.7 Å². The highest BCUT2D eigenvalue weighted by molar-refractivity contribution is 8.14. The van der Waals surface area contributed by atoms with E-state index in [1.165, 1.54) is 18.9 Å². The number of aromatic hydroxyl groups is 1. The maximum atomic E-state index is 10.8. The summed E-state index contributed by atoms with van der Waals surface area (Å²) in [5.41, 5.74) is 0.512. The van der Waals surface area contributed by atoms with Crippen molar-refractivity contribution in [3.05, 3.63) is 23.8 Å². The van der Waals surface area contributed by atoms with E-state index in [1.54, 1.807) is 18.2 Å². The second-order valence-corrected chi connectivity index (χ2v) is 4.46.